The summed E-state index contributed by atoms with van der Waals surface area (Å²) in [6, 6.07) is 6.27. The lowest BCUT2D eigenvalue weighted by atomic mass is 10.1. The number of rotatable bonds is 4. The quantitative estimate of drug-likeness (QED) is 0.278. The highest BCUT2D eigenvalue weighted by atomic mass is 32.2. The van der Waals surface area contributed by atoms with Crippen molar-refractivity contribution in [2.75, 3.05) is 6.54 Å². The average molecular weight is 326 g/mol. The van der Waals surface area contributed by atoms with Gasteiger partial charge in [0.15, 0.2) is 6.21 Å². The number of hydrogen-bond donors (Lipinski definition) is 0. The number of nitrogens with zero attached hydrogens (tertiary/aromatic N) is 2. The molecule has 1 aromatic carbocycles. The zero-order valence-corrected chi connectivity index (χ0v) is 14.0. The second-order valence-corrected chi connectivity index (χ2v) is 7.84. The summed E-state index contributed by atoms with van der Waals surface area (Å²) >= 11 is 6.90. The Kier molecular flexibility index (Phi) is 4.88. The smallest absolute Gasteiger partial charge is 0.254 e. The molecule has 0 amide bonds. The third-order valence-corrected chi connectivity index (χ3v) is 5.01. The maximum atomic E-state index is 13.7. The minimum absolute atomic E-state index is 0.294. The first-order valence-corrected chi connectivity index (χ1v) is 8.13. The lowest BCUT2D eigenvalue weighted by Gasteiger charge is -2.29. The molecule has 1 aliphatic heterocycles. The number of halogens is 1. The number of hydrogen-bond acceptors (Lipinski definition) is 3. The summed E-state index contributed by atoms with van der Waals surface area (Å²) < 4.78 is 14.9. The van der Waals surface area contributed by atoms with Crippen molar-refractivity contribution >= 4 is 34.5 Å². The number of thiocarbonyl (C=S) groups is 1. The van der Waals surface area contributed by atoms with Crippen LogP contribution in [-0.4, -0.2) is 37.6 Å². The summed E-state index contributed by atoms with van der Waals surface area (Å²) in [7, 11) is 0. The Bertz CT molecular complexity index is 575. The molecule has 0 aromatic heterocycles. The van der Waals surface area contributed by atoms with E-state index in [-0.39, 0.29) is 4.75 Å². The molecule has 1 saturated heterocycles. The second-order valence-electron chi connectivity index (χ2n) is 5.55. The molecule has 0 saturated carbocycles. The Morgan fingerprint density at radius 1 is 1.48 bits per heavy atom. The van der Waals surface area contributed by atoms with Crippen LogP contribution in [0, 0.1) is 11.0 Å². The molecule has 114 valence electrons. The maximum absolute atomic E-state index is 13.7. The average Bonchev–Trinajstić information content (AvgIpc) is 2.62. The van der Waals surface area contributed by atoms with Crippen molar-refractivity contribution in [1.82, 2.24) is 4.90 Å². The van der Waals surface area contributed by atoms with E-state index in [0.717, 1.165) is 22.0 Å². The molecular weight excluding hydrogens is 307 g/mol. The van der Waals surface area contributed by atoms with E-state index in [9.17, 15) is 9.60 Å². The lowest BCUT2D eigenvalue weighted by molar-refractivity contribution is -0.523. The topological polar surface area (TPSA) is 29.3 Å². The Hall–Kier alpha value is -1.14. The largest absolute Gasteiger partial charge is 0.622 e. The van der Waals surface area contributed by atoms with Crippen molar-refractivity contribution < 1.29 is 9.13 Å². The third kappa shape index (κ3) is 3.37. The van der Waals surface area contributed by atoms with Crippen LogP contribution in [0.3, 0.4) is 0 Å². The van der Waals surface area contributed by atoms with Crippen molar-refractivity contribution in [2.45, 2.75) is 38.1 Å². The second kappa shape index (κ2) is 6.32. The summed E-state index contributed by atoms with van der Waals surface area (Å²) in [4.78, 5) is 1.93. The van der Waals surface area contributed by atoms with Gasteiger partial charge >= 0.3 is 0 Å². The first kappa shape index (κ1) is 16.2. The van der Waals surface area contributed by atoms with Crippen LogP contribution in [0.5, 0.6) is 0 Å². The van der Waals surface area contributed by atoms with Crippen molar-refractivity contribution in [1.29, 1.82) is 0 Å². The standard InChI is InChI=1S/C15H19FN2OS2/c1-4-9-17-13(15(2,3)21-14(17)20)18(19)10-11-7-5-6-8-12(11)16/h5-8,10,13H,4,9H2,1-3H3/b18-10-/t13-/m0/s1. The maximum Gasteiger partial charge on any atom is 0.254 e. The van der Waals surface area contributed by atoms with Crippen molar-refractivity contribution in [2.24, 2.45) is 0 Å². The van der Waals surface area contributed by atoms with Gasteiger partial charge in [0.05, 0.1) is 5.56 Å². The first-order chi connectivity index (χ1) is 9.86. The SMILES string of the molecule is CCCN1C(=S)SC(C)(C)[C@@H]1/[N+]([O-])=C/c1ccccc1F. The number of benzene rings is 1. The normalized spacial score (nSPS) is 21.9. The highest BCUT2D eigenvalue weighted by molar-refractivity contribution is 8.24. The van der Waals surface area contributed by atoms with E-state index in [4.69, 9.17) is 12.2 Å². The molecule has 6 heteroatoms. The fourth-order valence-electron chi connectivity index (χ4n) is 2.50. The van der Waals surface area contributed by atoms with Gasteiger partial charge in [0.25, 0.3) is 6.17 Å². The van der Waals surface area contributed by atoms with E-state index >= 15 is 0 Å². The first-order valence-electron chi connectivity index (χ1n) is 6.91. The minimum Gasteiger partial charge on any atom is -0.622 e. The molecule has 1 heterocycles. The van der Waals surface area contributed by atoms with Crippen LogP contribution in [0.4, 0.5) is 4.39 Å². The van der Waals surface area contributed by atoms with Gasteiger partial charge in [-0.25, -0.2) is 4.39 Å². The monoisotopic (exact) mass is 326 g/mol. The zero-order valence-electron chi connectivity index (χ0n) is 12.4. The highest BCUT2D eigenvalue weighted by Gasteiger charge is 2.50. The predicted molar refractivity (Wildman–Crippen MR) is 90.2 cm³/mol. The predicted octanol–water partition coefficient (Wildman–Crippen LogP) is 3.60. The van der Waals surface area contributed by atoms with Crippen LogP contribution < -0.4 is 0 Å². The van der Waals surface area contributed by atoms with Crippen LogP contribution in [0.1, 0.15) is 32.8 Å². The van der Waals surface area contributed by atoms with Gasteiger partial charge in [0, 0.05) is 6.54 Å². The third-order valence-electron chi connectivity index (χ3n) is 3.38. The van der Waals surface area contributed by atoms with Gasteiger partial charge in [-0.3, -0.25) is 4.90 Å². The van der Waals surface area contributed by atoms with Crippen molar-refractivity contribution in [3.8, 4) is 0 Å². The molecule has 0 spiro atoms. The Morgan fingerprint density at radius 2 is 2.14 bits per heavy atom. The Morgan fingerprint density at radius 3 is 2.76 bits per heavy atom. The van der Waals surface area contributed by atoms with E-state index in [1.54, 1.807) is 18.2 Å². The number of hydroxylamine groups is 1. The van der Waals surface area contributed by atoms with E-state index in [0.29, 0.717) is 5.56 Å². The Balaban J connectivity index is 2.37. The van der Waals surface area contributed by atoms with Gasteiger partial charge in [0.2, 0.25) is 0 Å². The summed E-state index contributed by atoms with van der Waals surface area (Å²) in [5.74, 6) is -0.397. The van der Waals surface area contributed by atoms with Gasteiger partial charge in [-0.05, 0) is 32.4 Å². The lowest BCUT2D eigenvalue weighted by Crippen LogP contribution is -2.48. The molecule has 0 N–H and O–H groups in total. The van der Waals surface area contributed by atoms with Crippen LogP contribution in [0.25, 0.3) is 0 Å². The molecule has 21 heavy (non-hydrogen) atoms. The molecule has 3 nitrogen and oxygen atoms in total. The summed E-state index contributed by atoms with van der Waals surface area (Å²) in [5.41, 5.74) is 0.294. The van der Waals surface area contributed by atoms with Crippen LogP contribution >= 0.6 is 24.0 Å². The minimum atomic E-state index is -0.422. The molecule has 0 unspecified atom stereocenters. The van der Waals surface area contributed by atoms with Gasteiger partial charge in [-0.15, -0.1) is 0 Å². The van der Waals surface area contributed by atoms with Gasteiger partial charge in [0.1, 0.15) is 14.9 Å². The Labute approximate surface area is 134 Å². The molecule has 1 fully saturated rings. The fraction of sp³-hybridized carbons (Fsp3) is 0.467. The van der Waals surface area contributed by atoms with Gasteiger partial charge in [-0.1, -0.05) is 43.0 Å². The van der Waals surface area contributed by atoms with E-state index in [2.05, 4.69) is 0 Å². The molecule has 0 bridgehead atoms. The molecule has 0 aliphatic carbocycles. The zero-order chi connectivity index (χ0) is 15.6. The van der Waals surface area contributed by atoms with E-state index in [1.807, 2.05) is 25.7 Å². The molecule has 2 rings (SSSR count). The summed E-state index contributed by atoms with van der Waals surface area (Å²) in [5, 5.41) is 12.6. The summed E-state index contributed by atoms with van der Waals surface area (Å²) in [6.45, 7) is 6.75. The summed E-state index contributed by atoms with van der Waals surface area (Å²) in [6.07, 6.45) is 1.80. The van der Waals surface area contributed by atoms with Crippen LogP contribution in [0.15, 0.2) is 24.3 Å². The molecule has 1 aliphatic rings. The van der Waals surface area contributed by atoms with Crippen LogP contribution in [-0.2, 0) is 0 Å². The molecule has 1 aromatic rings. The van der Waals surface area contributed by atoms with Gasteiger partial charge < -0.3 is 5.21 Å². The van der Waals surface area contributed by atoms with Crippen molar-refractivity contribution in [3.05, 3.63) is 40.9 Å². The molecule has 1 atom stereocenters. The molecule has 0 radical (unpaired) electrons. The fourth-order valence-corrected chi connectivity index (χ4v) is 4.43. The van der Waals surface area contributed by atoms with Crippen molar-refractivity contribution in [3.63, 3.8) is 0 Å². The van der Waals surface area contributed by atoms with E-state index in [1.165, 1.54) is 24.0 Å². The van der Waals surface area contributed by atoms with Gasteiger partial charge in [-0.2, -0.15) is 4.74 Å². The molecular formula is C15H19FN2OS2. The van der Waals surface area contributed by atoms with Crippen LogP contribution in [0.2, 0.25) is 0 Å². The number of thioether (sulfide) groups is 1. The highest BCUT2D eigenvalue weighted by Crippen LogP contribution is 2.41. The van der Waals surface area contributed by atoms with E-state index < -0.39 is 12.0 Å².